The van der Waals surface area contributed by atoms with Gasteiger partial charge in [0.25, 0.3) is 5.91 Å². The minimum atomic E-state index is -1.06. The Morgan fingerprint density at radius 1 is 1.14 bits per heavy atom. The summed E-state index contributed by atoms with van der Waals surface area (Å²) in [5, 5.41) is 14.6. The summed E-state index contributed by atoms with van der Waals surface area (Å²) in [7, 11) is 0. The second-order valence-corrected chi connectivity index (χ2v) is 7.34. The Balaban J connectivity index is 1.62. The number of halogens is 1. The molecule has 1 aliphatic rings. The number of furan rings is 1. The summed E-state index contributed by atoms with van der Waals surface area (Å²) in [6.45, 7) is 1.73. The zero-order valence-electron chi connectivity index (χ0n) is 15.3. The molecular formula is C22H15BrN2O4. The van der Waals surface area contributed by atoms with E-state index >= 15 is 0 Å². The van der Waals surface area contributed by atoms with Gasteiger partial charge in [0.1, 0.15) is 11.5 Å². The van der Waals surface area contributed by atoms with Crippen molar-refractivity contribution in [3.05, 3.63) is 82.0 Å². The molecule has 2 aromatic carbocycles. The number of amides is 1. The summed E-state index contributed by atoms with van der Waals surface area (Å²) in [4.78, 5) is 24.1. The maximum absolute atomic E-state index is 12.9. The van der Waals surface area contributed by atoms with Gasteiger partial charge in [0.15, 0.2) is 0 Å². The standard InChI is InChI=1S/C22H15BrN2O4/c1-13-19(12-18-9-10-20(29-18)14-5-7-16(23)8-6-14)21(26)25(24-13)17-4-2-3-15(11-17)22(27)28/h2-12H,1H3,(H,27,28). The molecular weight excluding hydrogens is 436 g/mol. The fraction of sp³-hybridized carbons (Fsp3) is 0.0455. The first-order valence-electron chi connectivity index (χ1n) is 8.73. The van der Waals surface area contributed by atoms with Crippen LogP contribution in [0.5, 0.6) is 0 Å². The number of nitrogens with zero attached hydrogens (tertiary/aromatic N) is 2. The van der Waals surface area contributed by atoms with E-state index in [4.69, 9.17) is 9.52 Å². The predicted molar refractivity (Wildman–Crippen MR) is 114 cm³/mol. The highest BCUT2D eigenvalue weighted by Crippen LogP contribution is 2.28. The third-order valence-electron chi connectivity index (χ3n) is 4.44. The Bertz CT molecular complexity index is 1180. The number of rotatable bonds is 4. The molecule has 1 aromatic heterocycles. The third kappa shape index (κ3) is 3.77. The Kier molecular flexibility index (Phi) is 4.90. The van der Waals surface area contributed by atoms with Gasteiger partial charge in [-0.05, 0) is 55.5 Å². The number of benzene rings is 2. The van der Waals surface area contributed by atoms with Crippen LogP contribution in [0.4, 0.5) is 5.69 Å². The van der Waals surface area contributed by atoms with E-state index in [-0.39, 0.29) is 11.5 Å². The lowest BCUT2D eigenvalue weighted by Crippen LogP contribution is -2.21. The average molecular weight is 451 g/mol. The Labute approximate surface area is 174 Å². The molecule has 1 N–H and O–H groups in total. The van der Waals surface area contributed by atoms with Crippen LogP contribution in [0.2, 0.25) is 0 Å². The summed E-state index contributed by atoms with van der Waals surface area (Å²) >= 11 is 3.40. The summed E-state index contributed by atoms with van der Waals surface area (Å²) in [6.07, 6.45) is 1.64. The van der Waals surface area contributed by atoms with E-state index < -0.39 is 5.97 Å². The number of carbonyl (C=O) groups is 2. The van der Waals surface area contributed by atoms with Gasteiger partial charge < -0.3 is 9.52 Å². The largest absolute Gasteiger partial charge is 0.478 e. The molecule has 6 nitrogen and oxygen atoms in total. The lowest BCUT2D eigenvalue weighted by molar-refractivity contribution is -0.114. The number of carboxylic acid groups (broad SMARTS) is 1. The van der Waals surface area contributed by atoms with Gasteiger partial charge in [-0.2, -0.15) is 10.1 Å². The molecule has 7 heteroatoms. The topological polar surface area (TPSA) is 83.1 Å². The van der Waals surface area contributed by atoms with Crippen molar-refractivity contribution in [3.8, 4) is 11.3 Å². The van der Waals surface area contributed by atoms with Crippen LogP contribution in [0.25, 0.3) is 17.4 Å². The first-order valence-corrected chi connectivity index (χ1v) is 9.52. The number of carboxylic acids is 1. The molecule has 1 aliphatic heterocycles. The minimum absolute atomic E-state index is 0.0887. The molecule has 0 fully saturated rings. The summed E-state index contributed by atoms with van der Waals surface area (Å²) < 4.78 is 6.84. The maximum atomic E-state index is 12.9. The molecule has 2 heterocycles. The number of hydrogen-bond acceptors (Lipinski definition) is 4. The maximum Gasteiger partial charge on any atom is 0.335 e. The van der Waals surface area contributed by atoms with Crippen LogP contribution in [0.3, 0.4) is 0 Å². The van der Waals surface area contributed by atoms with Crippen molar-refractivity contribution in [2.24, 2.45) is 5.10 Å². The Hall–Kier alpha value is -3.45. The smallest absolute Gasteiger partial charge is 0.335 e. The summed E-state index contributed by atoms with van der Waals surface area (Å²) in [6, 6.07) is 17.5. The van der Waals surface area contributed by atoms with Gasteiger partial charge in [0.05, 0.1) is 22.5 Å². The van der Waals surface area contributed by atoms with Gasteiger partial charge >= 0.3 is 5.97 Å². The highest BCUT2D eigenvalue weighted by Gasteiger charge is 2.29. The highest BCUT2D eigenvalue weighted by molar-refractivity contribution is 9.10. The van der Waals surface area contributed by atoms with Crippen molar-refractivity contribution in [1.82, 2.24) is 0 Å². The van der Waals surface area contributed by atoms with Crippen LogP contribution in [-0.2, 0) is 4.79 Å². The van der Waals surface area contributed by atoms with E-state index in [1.807, 2.05) is 30.3 Å². The SMILES string of the molecule is CC1=NN(c2cccc(C(=O)O)c2)C(=O)C1=Cc1ccc(-c2ccc(Br)cc2)o1. The highest BCUT2D eigenvalue weighted by atomic mass is 79.9. The normalized spacial score (nSPS) is 15.1. The Morgan fingerprint density at radius 3 is 2.62 bits per heavy atom. The molecule has 0 unspecified atom stereocenters. The van der Waals surface area contributed by atoms with Crippen molar-refractivity contribution in [3.63, 3.8) is 0 Å². The lowest BCUT2D eigenvalue weighted by atomic mass is 10.1. The van der Waals surface area contributed by atoms with Crippen LogP contribution in [0.1, 0.15) is 23.0 Å². The van der Waals surface area contributed by atoms with Gasteiger partial charge in [-0.15, -0.1) is 0 Å². The second-order valence-electron chi connectivity index (χ2n) is 6.42. The van der Waals surface area contributed by atoms with Gasteiger partial charge in [0, 0.05) is 10.0 Å². The van der Waals surface area contributed by atoms with Crippen molar-refractivity contribution in [2.75, 3.05) is 5.01 Å². The second kappa shape index (κ2) is 7.52. The molecule has 0 spiro atoms. The fourth-order valence-electron chi connectivity index (χ4n) is 2.97. The monoisotopic (exact) mass is 450 g/mol. The van der Waals surface area contributed by atoms with Gasteiger partial charge in [-0.1, -0.05) is 34.1 Å². The van der Waals surface area contributed by atoms with E-state index in [2.05, 4.69) is 21.0 Å². The molecule has 0 saturated heterocycles. The van der Waals surface area contributed by atoms with Crippen molar-refractivity contribution >= 4 is 45.3 Å². The molecule has 4 rings (SSSR count). The molecule has 0 radical (unpaired) electrons. The van der Waals surface area contributed by atoms with Crippen LogP contribution >= 0.6 is 15.9 Å². The molecule has 0 atom stereocenters. The van der Waals surface area contributed by atoms with E-state index in [1.165, 1.54) is 17.1 Å². The zero-order chi connectivity index (χ0) is 20.5. The van der Waals surface area contributed by atoms with Crippen molar-refractivity contribution < 1.29 is 19.1 Å². The number of hydrogen-bond donors (Lipinski definition) is 1. The first-order chi connectivity index (χ1) is 13.9. The predicted octanol–water partition coefficient (Wildman–Crippen LogP) is 5.21. The van der Waals surface area contributed by atoms with Gasteiger partial charge in [-0.25, -0.2) is 4.79 Å². The van der Waals surface area contributed by atoms with Crippen molar-refractivity contribution in [2.45, 2.75) is 6.92 Å². The molecule has 0 bridgehead atoms. The number of carbonyl (C=O) groups excluding carboxylic acids is 1. The number of aromatic carboxylic acids is 1. The summed E-state index contributed by atoms with van der Waals surface area (Å²) in [5.74, 6) is -0.185. The quantitative estimate of drug-likeness (QED) is 0.552. The van der Waals surface area contributed by atoms with E-state index in [9.17, 15) is 9.59 Å². The van der Waals surface area contributed by atoms with Crippen LogP contribution in [0, 0.1) is 0 Å². The first kappa shape index (κ1) is 18.9. The fourth-order valence-corrected chi connectivity index (χ4v) is 3.24. The molecule has 3 aromatic rings. The minimum Gasteiger partial charge on any atom is -0.478 e. The van der Waals surface area contributed by atoms with Gasteiger partial charge in [-0.3, -0.25) is 4.79 Å². The zero-order valence-corrected chi connectivity index (χ0v) is 16.9. The van der Waals surface area contributed by atoms with Gasteiger partial charge in [0.2, 0.25) is 0 Å². The van der Waals surface area contributed by atoms with Crippen LogP contribution < -0.4 is 5.01 Å². The van der Waals surface area contributed by atoms with E-state index in [0.717, 1.165) is 10.0 Å². The molecule has 0 saturated carbocycles. The Morgan fingerprint density at radius 2 is 1.90 bits per heavy atom. The molecule has 0 aliphatic carbocycles. The van der Waals surface area contributed by atoms with E-state index in [0.29, 0.717) is 28.5 Å². The van der Waals surface area contributed by atoms with E-state index in [1.54, 1.807) is 31.2 Å². The van der Waals surface area contributed by atoms with Crippen molar-refractivity contribution in [1.29, 1.82) is 0 Å². The summed E-state index contributed by atoms with van der Waals surface area (Å²) in [5.41, 5.74) is 2.33. The molecule has 1 amide bonds. The molecule has 29 heavy (non-hydrogen) atoms. The number of hydrazone groups is 1. The van der Waals surface area contributed by atoms with Crippen LogP contribution in [0.15, 0.2) is 80.2 Å². The number of anilines is 1. The third-order valence-corrected chi connectivity index (χ3v) is 4.97. The van der Waals surface area contributed by atoms with Crippen LogP contribution in [-0.4, -0.2) is 22.7 Å². The average Bonchev–Trinajstić information content (AvgIpc) is 3.29. The molecule has 144 valence electrons. The lowest BCUT2D eigenvalue weighted by Gasteiger charge is -2.12.